The van der Waals surface area contributed by atoms with Crippen LogP contribution < -0.4 is 0 Å². The zero-order chi connectivity index (χ0) is 9.90. The van der Waals surface area contributed by atoms with E-state index in [9.17, 15) is 4.39 Å². The Balaban J connectivity index is 2.99. The SMILES string of the molecule is CCC(C)(OC)c1ccc(F)cc1. The Bertz CT molecular complexity index is 262. The number of benzene rings is 1. The molecule has 0 heterocycles. The minimum atomic E-state index is -0.298. The molecule has 0 fully saturated rings. The molecule has 1 nitrogen and oxygen atoms in total. The van der Waals surface area contributed by atoms with Gasteiger partial charge in [0.05, 0.1) is 5.60 Å². The number of ether oxygens (including phenoxy) is 1. The van der Waals surface area contributed by atoms with E-state index in [0.717, 1.165) is 12.0 Å². The Kier molecular flexibility index (Phi) is 3.04. The third kappa shape index (κ3) is 2.07. The van der Waals surface area contributed by atoms with Crippen molar-refractivity contribution in [1.29, 1.82) is 0 Å². The molecule has 1 aromatic carbocycles. The summed E-state index contributed by atoms with van der Waals surface area (Å²) >= 11 is 0. The highest BCUT2D eigenvalue weighted by atomic mass is 19.1. The standard InChI is InChI=1S/C11H15FO/c1-4-11(2,13-3)9-5-7-10(12)8-6-9/h5-8H,4H2,1-3H3. The van der Waals surface area contributed by atoms with Gasteiger partial charge in [0.2, 0.25) is 0 Å². The van der Waals surface area contributed by atoms with Crippen molar-refractivity contribution in [2.24, 2.45) is 0 Å². The smallest absolute Gasteiger partial charge is 0.123 e. The molecule has 0 saturated heterocycles. The van der Waals surface area contributed by atoms with Gasteiger partial charge in [-0.2, -0.15) is 0 Å². The maximum Gasteiger partial charge on any atom is 0.123 e. The molecule has 0 aromatic heterocycles. The largest absolute Gasteiger partial charge is 0.374 e. The summed E-state index contributed by atoms with van der Waals surface area (Å²) in [6.07, 6.45) is 0.870. The summed E-state index contributed by atoms with van der Waals surface area (Å²) in [5.74, 6) is -0.210. The van der Waals surface area contributed by atoms with Crippen molar-refractivity contribution >= 4 is 0 Å². The second kappa shape index (κ2) is 3.88. The topological polar surface area (TPSA) is 9.23 Å². The summed E-state index contributed by atoms with van der Waals surface area (Å²) in [6.45, 7) is 4.05. The van der Waals surface area contributed by atoms with Crippen LogP contribution in [0.5, 0.6) is 0 Å². The Morgan fingerprint density at radius 3 is 2.23 bits per heavy atom. The quantitative estimate of drug-likeness (QED) is 0.698. The van der Waals surface area contributed by atoms with E-state index in [1.165, 1.54) is 12.1 Å². The van der Waals surface area contributed by atoms with Crippen molar-refractivity contribution in [1.82, 2.24) is 0 Å². The van der Waals surface area contributed by atoms with E-state index in [1.807, 2.05) is 13.8 Å². The first kappa shape index (κ1) is 10.2. The lowest BCUT2D eigenvalue weighted by Gasteiger charge is -2.27. The molecule has 0 radical (unpaired) electrons. The van der Waals surface area contributed by atoms with E-state index in [1.54, 1.807) is 19.2 Å². The maximum atomic E-state index is 12.6. The summed E-state index contributed by atoms with van der Waals surface area (Å²) in [5.41, 5.74) is 0.715. The van der Waals surface area contributed by atoms with E-state index in [4.69, 9.17) is 4.74 Å². The van der Waals surface area contributed by atoms with E-state index in [2.05, 4.69) is 0 Å². The molecule has 0 aliphatic heterocycles. The highest BCUT2D eigenvalue weighted by Gasteiger charge is 2.23. The second-order valence-electron chi connectivity index (χ2n) is 3.30. The molecule has 13 heavy (non-hydrogen) atoms. The third-order valence-corrected chi connectivity index (χ3v) is 2.58. The molecule has 1 unspecified atom stereocenters. The van der Waals surface area contributed by atoms with E-state index in [0.29, 0.717) is 0 Å². The van der Waals surface area contributed by atoms with Crippen LogP contribution in [0.3, 0.4) is 0 Å². The first-order valence-electron chi connectivity index (χ1n) is 4.43. The zero-order valence-corrected chi connectivity index (χ0v) is 8.30. The van der Waals surface area contributed by atoms with Crippen molar-refractivity contribution < 1.29 is 9.13 Å². The molecular formula is C11H15FO. The predicted octanol–water partition coefficient (Wildman–Crippen LogP) is 3.10. The molecule has 0 aliphatic carbocycles. The van der Waals surface area contributed by atoms with Crippen LogP contribution in [0.4, 0.5) is 4.39 Å². The molecule has 1 aromatic rings. The van der Waals surface area contributed by atoms with Crippen molar-refractivity contribution in [3.63, 3.8) is 0 Å². The Labute approximate surface area is 78.5 Å². The molecule has 0 saturated carbocycles. The fraction of sp³-hybridized carbons (Fsp3) is 0.455. The number of rotatable bonds is 3. The molecule has 0 aliphatic rings. The summed E-state index contributed by atoms with van der Waals surface area (Å²) in [5, 5.41) is 0. The molecule has 1 rings (SSSR count). The van der Waals surface area contributed by atoms with Crippen molar-refractivity contribution in [2.45, 2.75) is 25.9 Å². The lowest BCUT2D eigenvalue weighted by molar-refractivity contribution is -0.00144. The normalized spacial score (nSPS) is 15.4. The van der Waals surface area contributed by atoms with Crippen LogP contribution in [-0.2, 0) is 10.3 Å². The van der Waals surface area contributed by atoms with Gasteiger partial charge >= 0.3 is 0 Å². The fourth-order valence-corrected chi connectivity index (χ4v) is 1.27. The monoisotopic (exact) mass is 182 g/mol. The Morgan fingerprint density at radius 1 is 1.31 bits per heavy atom. The van der Waals surface area contributed by atoms with Gasteiger partial charge in [-0.15, -0.1) is 0 Å². The number of hydrogen-bond acceptors (Lipinski definition) is 1. The minimum Gasteiger partial charge on any atom is -0.374 e. The Hall–Kier alpha value is -0.890. The van der Waals surface area contributed by atoms with Crippen molar-refractivity contribution in [2.75, 3.05) is 7.11 Å². The fourth-order valence-electron chi connectivity index (χ4n) is 1.27. The molecule has 0 bridgehead atoms. The highest BCUT2D eigenvalue weighted by Crippen LogP contribution is 2.27. The van der Waals surface area contributed by atoms with Gasteiger partial charge in [0.25, 0.3) is 0 Å². The number of halogens is 1. The van der Waals surface area contributed by atoms with Crippen LogP contribution in [-0.4, -0.2) is 7.11 Å². The van der Waals surface area contributed by atoms with Crippen LogP contribution in [0.1, 0.15) is 25.8 Å². The summed E-state index contributed by atoms with van der Waals surface area (Å²) < 4.78 is 18.0. The average Bonchev–Trinajstić information content (AvgIpc) is 2.18. The number of hydrogen-bond donors (Lipinski definition) is 0. The predicted molar refractivity (Wildman–Crippen MR) is 51.1 cm³/mol. The third-order valence-electron chi connectivity index (χ3n) is 2.58. The highest BCUT2D eigenvalue weighted by molar-refractivity contribution is 5.22. The molecule has 72 valence electrons. The van der Waals surface area contributed by atoms with Gasteiger partial charge in [-0.25, -0.2) is 4.39 Å². The summed E-state index contributed by atoms with van der Waals surface area (Å²) in [6, 6.07) is 6.45. The minimum absolute atomic E-state index is 0.210. The van der Waals surface area contributed by atoms with Crippen molar-refractivity contribution in [3.8, 4) is 0 Å². The first-order chi connectivity index (χ1) is 6.12. The lowest BCUT2D eigenvalue weighted by atomic mass is 9.93. The van der Waals surface area contributed by atoms with Gasteiger partial charge in [0.15, 0.2) is 0 Å². The van der Waals surface area contributed by atoms with E-state index in [-0.39, 0.29) is 11.4 Å². The first-order valence-corrected chi connectivity index (χ1v) is 4.43. The van der Waals surface area contributed by atoms with Gasteiger partial charge in [-0.1, -0.05) is 19.1 Å². The second-order valence-corrected chi connectivity index (χ2v) is 3.30. The average molecular weight is 182 g/mol. The summed E-state index contributed by atoms with van der Waals surface area (Å²) in [7, 11) is 1.67. The van der Waals surface area contributed by atoms with Crippen LogP contribution in [0, 0.1) is 5.82 Å². The van der Waals surface area contributed by atoms with Gasteiger partial charge in [-0.05, 0) is 31.0 Å². The zero-order valence-electron chi connectivity index (χ0n) is 8.30. The van der Waals surface area contributed by atoms with Crippen LogP contribution in [0.15, 0.2) is 24.3 Å². The van der Waals surface area contributed by atoms with Gasteiger partial charge in [0, 0.05) is 7.11 Å². The molecule has 1 atom stereocenters. The maximum absolute atomic E-state index is 12.6. The molecule has 2 heteroatoms. The van der Waals surface area contributed by atoms with E-state index >= 15 is 0 Å². The van der Waals surface area contributed by atoms with Gasteiger partial charge in [0.1, 0.15) is 5.82 Å². The molecular weight excluding hydrogens is 167 g/mol. The van der Waals surface area contributed by atoms with Gasteiger partial charge < -0.3 is 4.74 Å². The lowest BCUT2D eigenvalue weighted by Crippen LogP contribution is -2.22. The molecule has 0 N–H and O–H groups in total. The Morgan fingerprint density at radius 2 is 1.85 bits per heavy atom. The molecule has 0 amide bonds. The van der Waals surface area contributed by atoms with E-state index < -0.39 is 0 Å². The van der Waals surface area contributed by atoms with Gasteiger partial charge in [-0.3, -0.25) is 0 Å². The molecule has 0 spiro atoms. The number of methoxy groups -OCH3 is 1. The van der Waals surface area contributed by atoms with Crippen LogP contribution in [0.25, 0.3) is 0 Å². The van der Waals surface area contributed by atoms with Crippen LogP contribution >= 0.6 is 0 Å². The van der Waals surface area contributed by atoms with Crippen LogP contribution in [0.2, 0.25) is 0 Å². The summed E-state index contributed by atoms with van der Waals surface area (Å²) in [4.78, 5) is 0. The van der Waals surface area contributed by atoms with Crippen molar-refractivity contribution in [3.05, 3.63) is 35.6 Å².